The molecule has 1 aromatic heterocycles. The number of fused-ring (bicyclic) bond motifs is 1. The summed E-state index contributed by atoms with van der Waals surface area (Å²) in [5.74, 6) is -1.27. The molecule has 0 spiro atoms. The van der Waals surface area contributed by atoms with Gasteiger partial charge in [0.15, 0.2) is 0 Å². The van der Waals surface area contributed by atoms with E-state index in [0.717, 1.165) is 18.4 Å². The second-order valence-electron chi connectivity index (χ2n) is 17.1. The third-order valence-electron chi connectivity index (χ3n) is 11.7. The molecule has 1 aliphatic heterocycles. The number of hydrogen-bond acceptors (Lipinski definition) is 9. The van der Waals surface area contributed by atoms with Crippen LogP contribution in [0.2, 0.25) is 0 Å². The average Bonchev–Trinajstić information content (AvgIpc) is 4.11. The Labute approximate surface area is 328 Å². The Morgan fingerprint density at radius 3 is 2.39 bits per heavy atom. The van der Waals surface area contributed by atoms with Crippen LogP contribution in [0.3, 0.4) is 0 Å². The maximum Gasteiger partial charge on any atom is 0.259 e. The third-order valence-corrected chi connectivity index (χ3v) is 13.8. The molecule has 3 saturated carbocycles. The highest BCUT2D eigenvalue weighted by Crippen LogP contribution is 2.47. The molecule has 0 bridgehead atoms. The molecule has 14 heteroatoms. The van der Waals surface area contributed by atoms with E-state index >= 15 is 0 Å². The van der Waals surface area contributed by atoms with E-state index in [-0.39, 0.29) is 25.3 Å². The van der Waals surface area contributed by atoms with Gasteiger partial charge in [-0.15, -0.1) is 6.58 Å². The molecule has 4 amide bonds. The van der Waals surface area contributed by atoms with Gasteiger partial charge in [0.1, 0.15) is 35.2 Å². The third kappa shape index (κ3) is 7.85. The number of hydrogen-bond donors (Lipinski definition) is 3. The number of ether oxygens (including phenoxy) is 2. The highest BCUT2D eigenvalue weighted by Gasteiger charge is 2.63. The summed E-state index contributed by atoms with van der Waals surface area (Å²) in [4.78, 5) is 62.3. The van der Waals surface area contributed by atoms with E-state index in [9.17, 15) is 27.6 Å². The number of carbonyl (C=O) groups is 4. The fourth-order valence-electron chi connectivity index (χ4n) is 7.45. The molecule has 2 heterocycles. The molecule has 3 N–H and O–H groups in total. The summed E-state index contributed by atoms with van der Waals surface area (Å²) in [6, 6.07) is 14.8. The van der Waals surface area contributed by atoms with Crippen LogP contribution in [0.5, 0.6) is 11.5 Å². The molecule has 298 valence electrons. The van der Waals surface area contributed by atoms with E-state index in [1.165, 1.54) is 11.0 Å². The maximum atomic E-state index is 14.7. The molecule has 13 nitrogen and oxygen atoms in total. The van der Waals surface area contributed by atoms with Crippen molar-refractivity contribution in [3.05, 3.63) is 67.3 Å². The van der Waals surface area contributed by atoms with Crippen molar-refractivity contribution in [2.45, 2.75) is 101 Å². The lowest BCUT2D eigenvalue weighted by atomic mass is 9.85. The van der Waals surface area contributed by atoms with Crippen LogP contribution in [0.4, 0.5) is 0 Å². The van der Waals surface area contributed by atoms with Crippen molar-refractivity contribution in [2.75, 3.05) is 13.7 Å². The highest BCUT2D eigenvalue weighted by molar-refractivity contribution is 7.91. The van der Waals surface area contributed by atoms with Gasteiger partial charge in [0, 0.05) is 41.8 Å². The van der Waals surface area contributed by atoms with Crippen LogP contribution in [0.25, 0.3) is 22.2 Å². The Bertz CT molecular complexity index is 2180. The molecule has 56 heavy (non-hydrogen) atoms. The number of amides is 4. The summed E-state index contributed by atoms with van der Waals surface area (Å²) in [5.41, 5.74) is -0.142. The molecule has 0 radical (unpaired) electrons. The van der Waals surface area contributed by atoms with Crippen LogP contribution in [0.1, 0.15) is 72.6 Å². The minimum absolute atomic E-state index is 0.000542. The first kappa shape index (κ1) is 39.3. The first-order valence-corrected chi connectivity index (χ1v) is 20.8. The Balaban J connectivity index is 1.21. The SMILES string of the molecule is C=CC1C[C@]1(NC(=O)[C@@H]1C[C@@H](Oc2cc(-c3ccccc3)nc3cc(OC)ccc23)CN1C(=O)C(NC(=O)CC1CC1)C(C)(C)C)C(=O)NS(=O)(=O)C1(C)CC1. The number of nitrogens with zero attached hydrogens (tertiary/aromatic N) is 2. The zero-order valence-electron chi connectivity index (χ0n) is 32.6. The Morgan fingerprint density at radius 2 is 1.79 bits per heavy atom. The molecular weight excluding hydrogens is 735 g/mol. The van der Waals surface area contributed by atoms with Gasteiger partial charge in [-0.3, -0.25) is 23.9 Å². The number of carbonyl (C=O) groups excluding carboxylic acids is 4. The summed E-state index contributed by atoms with van der Waals surface area (Å²) in [6.45, 7) is 11.0. The summed E-state index contributed by atoms with van der Waals surface area (Å²) in [6.07, 6.45) is 4.16. The predicted molar refractivity (Wildman–Crippen MR) is 211 cm³/mol. The van der Waals surface area contributed by atoms with Gasteiger partial charge in [-0.2, -0.15) is 0 Å². The van der Waals surface area contributed by atoms with E-state index in [1.54, 1.807) is 20.1 Å². The van der Waals surface area contributed by atoms with E-state index in [0.29, 0.717) is 53.3 Å². The molecule has 7 rings (SSSR count). The van der Waals surface area contributed by atoms with E-state index < -0.39 is 67.6 Å². The molecular formula is C42H51N5O8S. The summed E-state index contributed by atoms with van der Waals surface area (Å²) in [5, 5.41) is 6.51. The Morgan fingerprint density at radius 1 is 1.07 bits per heavy atom. The monoisotopic (exact) mass is 785 g/mol. The Hall–Kier alpha value is -4.98. The number of methoxy groups -OCH3 is 1. The molecule has 4 fully saturated rings. The summed E-state index contributed by atoms with van der Waals surface area (Å²) in [7, 11) is -2.42. The largest absolute Gasteiger partial charge is 0.497 e. The number of nitrogens with one attached hydrogen (secondary N) is 3. The first-order valence-electron chi connectivity index (χ1n) is 19.3. The minimum atomic E-state index is -4.00. The van der Waals surface area contributed by atoms with E-state index in [2.05, 4.69) is 21.9 Å². The fourth-order valence-corrected chi connectivity index (χ4v) is 8.76. The van der Waals surface area contributed by atoms with Gasteiger partial charge in [0.25, 0.3) is 5.91 Å². The summed E-state index contributed by atoms with van der Waals surface area (Å²) < 4.78 is 39.5. The van der Waals surface area contributed by atoms with Crippen molar-refractivity contribution in [2.24, 2.45) is 17.3 Å². The second kappa shape index (κ2) is 14.5. The molecule has 2 unspecified atom stereocenters. The zero-order chi connectivity index (χ0) is 40.2. The number of likely N-dealkylation sites (tertiary alicyclic amines) is 1. The Kier molecular flexibility index (Phi) is 10.2. The lowest BCUT2D eigenvalue weighted by Crippen LogP contribution is -2.60. The van der Waals surface area contributed by atoms with Gasteiger partial charge in [0.05, 0.1) is 29.6 Å². The number of sulfonamides is 1. The molecule has 3 aromatic rings. The van der Waals surface area contributed by atoms with Crippen LogP contribution in [0, 0.1) is 17.3 Å². The van der Waals surface area contributed by atoms with E-state index in [1.807, 2.05) is 69.3 Å². The molecule has 2 aromatic carbocycles. The maximum absolute atomic E-state index is 14.7. The average molecular weight is 786 g/mol. The van der Waals surface area contributed by atoms with Crippen LogP contribution < -0.4 is 24.8 Å². The molecule has 5 atom stereocenters. The summed E-state index contributed by atoms with van der Waals surface area (Å²) >= 11 is 0. The first-order chi connectivity index (χ1) is 26.5. The van der Waals surface area contributed by atoms with Crippen molar-refractivity contribution >= 4 is 44.6 Å². The standard InChI is InChI=1S/C42H51N5O8S/c1-7-27-23-42(27,39(51)46-56(52,53)41(5)17-18-41)45-37(49)33-21-29(24-47(33)38(50)36(40(2,3)4)44-35(48)19-25-13-14-25)55-34-22-31(26-11-9-8-10-12-26)43-32-20-28(54-6)15-16-30(32)34/h7-12,15-16,20,22,25,27,29,33,36H,1,13-14,17-19,21,23-24H2,2-6H3,(H,44,48)(H,45,49)(H,46,51)/t27?,29-,33+,36?,42-/m1/s1. The van der Waals surface area contributed by atoms with Crippen molar-refractivity contribution in [1.29, 1.82) is 0 Å². The van der Waals surface area contributed by atoms with Crippen LogP contribution in [0.15, 0.2) is 67.3 Å². The smallest absolute Gasteiger partial charge is 0.259 e. The normalized spacial score (nSPS) is 24.4. The number of benzene rings is 2. The lowest BCUT2D eigenvalue weighted by Gasteiger charge is -2.35. The zero-order valence-corrected chi connectivity index (χ0v) is 33.4. The van der Waals surface area contributed by atoms with Gasteiger partial charge in [-0.05, 0) is 62.5 Å². The fraction of sp³-hybridized carbons (Fsp3) is 0.500. The van der Waals surface area contributed by atoms with Gasteiger partial charge in [-0.25, -0.2) is 13.4 Å². The molecule has 1 saturated heterocycles. The van der Waals surface area contributed by atoms with Gasteiger partial charge in [0.2, 0.25) is 27.7 Å². The van der Waals surface area contributed by atoms with Crippen LogP contribution >= 0.6 is 0 Å². The van der Waals surface area contributed by atoms with Crippen LogP contribution in [-0.4, -0.2) is 84.1 Å². The molecule has 3 aliphatic carbocycles. The van der Waals surface area contributed by atoms with Gasteiger partial charge < -0.3 is 25.0 Å². The van der Waals surface area contributed by atoms with Crippen molar-refractivity contribution in [1.82, 2.24) is 25.2 Å². The van der Waals surface area contributed by atoms with Crippen molar-refractivity contribution in [3.8, 4) is 22.8 Å². The number of aromatic nitrogens is 1. The molecule has 4 aliphatic rings. The highest BCUT2D eigenvalue weighted by atomic mass is 32.2. The number of pyridine rings is 1. The van der Waals surface area contributed by atoms with E-state index in [4.69, 9.17) is 14.5 Å². The number of rotatable bonds is 14. The van der Waals surface area contributed by atoms with Crippen molar-refractivity contribution in [3.63, 3.8) is 0 Å². The second-order valence-corrected chi connectivity index (χ2v) is 19.3. The lowest BCUT2D eigenvalue weighted by molar-refractivity contribution is -0.144. The van der Waals surface area contributed by atoms with Crippen LogP contribution in [-0.2, 0) is 29.2 Å². The van der Waals surface area contributed by atoms with Gasteiger partial charge in [-0.1, -0.05) is 57.2 Å². The quantitative estimate of drug-likeness (QED) is 0.197. The van der Waals surface area contributed by atoms with Crippen molar-refractivity contribution < 1.29 is 37.1 Å². The minimum Gasteiger partial charge on any atom is -0.497 e. The predicted octanol–water partition coefficient (Wildman–Crippen LogP) is 4.65. The van der Waals surface area contributed by atoms with Gasteiger partial charge >= 0.3 is 0 Å². The topological polar surface area (TPSA) is 173 Å².